The van der Waals surface area contributed by atoms with Crippen LogP contribution in [-0.2, 0) is 9.53 Å². The molecule has 0 aliphatic carbocycles. The highest BCUT2D eigenvalue weighted by Crippen LogP contribution is 2.13. The van der Waals surface area contributed by atoms with E-state index in [4.69, 9.17) is 9.84 Å². The summed E-state index contributed by atoms with van der Waals surface area (Å²) in [7, 11) is 0. The van der Waals surface area contributed by atoms with E-state index in [0.717, 1.165) is 12.8 Å². The van der Waals surface area contributed by atoms with Gasteiger partial charge in [-0.25, -0.2) is 0 Å². The Labute approximate surface area is 156 Å². The van der Waals surface area contributed by atoms with E-state index in [1.807, 2.05) is 0 Å². The third kappa shape index (κ3) is 21.1. The summed E-state index contributed by atoms with van der Waals surface area (Å²) in [6.45, 7) is 2.54. The Morgan fingerprint density at radius 2 is 1.16 bits per heavy atom. The Hall–Kier alpha value is -0.830. The standard InChI is InChI=1S/C22H42O3/c1-2-3-4-5-6-7-8-9-10-11-12-13-14-15-16-19-22(24)25-21-18-17-20-23/h17-18,23H,2-16,19-21H2,1H3. The van der Waals surface area contributed by atoms with Crippen LogP contribution in [0.25, 0.3) is 0 Å². The predicted octanol–water partition coefficient (Wildman–Crippen LogP) is 6.34. The monoisotopic (exact) mass is 354 g/mol. The van der Waals surface area contributed by atoms with Gasteiger partial charge >= 0.3 is 5.97 Å². The van der Waals surface area contributed by atoms with Crippen molar-refractivity contribution in [2.45, 2.75) is 110 Å². The number of rotatable bonds is 19. The van der Waals surface area contributed by atoms with Crippen LogP contribution in [0.1, 0.15) is 110 Å². The lowest BCUT2D eigenvalue weighted by Gasteiger charge is -2.04. The Morgan fingerprint density at radius 1 is 0.720 bits per heavy atom. The summed E-state index contributed by atoms with van der Waals surface area (Å²) in [5, 5.41) is 8.56. The van der Waals surface area contributed by atoms with E-state index in [2.05, 4.69) is 6.92 Å². The second-order valence-electron chi connectivity index (χ2n) is 7.04. The molecule has 0 aliphatic heterocycles. The number of ether oxygens (including phenoxy) is 1. The van der Waals surface area contributed by atoms with Gasteiger partial charge in [0, 0.05) is 6.42 Å². The van der Waals surface area contributed by atoms with Crippen LogP contribution < -0.4 is 0 Å². The Kier molecular flexibility index (Phi) is 20.5. The fourth-order valence-electron chi connectivity index (χ4n) is 3.00. The Balaban J connectivity index is 3.11. The lowest BCUT2D eigenvalue weighted by molar-refractivity contribution is -0.142. The van der Waals surface area contributed by atoms with Gasteiger partial charge in [0.05, 0.1) is 6.61 Å². The van der Waals surface area contributed by atoms with Gasteiger partial charge < -0.3 is 9.84 Å². The first kappa shape index (κ1) is 24.2. The minimum atomic E-state index is -0.128. The summed E-state index contributed by atoms with van der Waals surface area (Å²) < 4.78 is 5.03. The SMILES string of the molecule is CCCCCCCCCCCCCCCCCC(=O)OCC=CCO. The van der Waals surface area contributed by atoms with Gasteiger partial charge in [-0.15, -0.1) is 0 Å². The average molecular weight is 355 g/mol. The predicted molar refractivity (Wildman–Crippen MR) is 107 cm³/mol. The molecule has 148 valence electrons. The summed E-state index contributed by atoms with van der Waals surface area (Å²) in [6.07, 6.45) is 23.7. The number of hydrogen-bond donors (Lipinski definition) is 1. The van der Waals surface area contributed by atoms with Crippen molar-refractivity contribution in [2.24, 2.45) is 0 Å². The molecule has 1 N–H and O–H groups in total. The number of unbranched alkanes of at least 4 members (excludes halogenated alkanes) is 14. The molecule has 0 aromatic heterocycles. The maximum atomic E-state index is 11.4. The highest BCUT2D eigenvalue weighted by Gasteiger charge is 2.01. The van der Waals surface area contributed by atoms with Crippen LogP contribution in [0.4, 0.5) is 0 Å². The lowest BCUT2D eigenvalue weighted by atomic mass is 10.0. The summed E-state index contributed by atoms with van der Waals surface area (Å²) in [4.78, 5) is 11.4. The number of carbonyl (C=O) groups excluding carboxylic acids is 1. The van der Waals surface area contributed by atoms with Crippen molar-refractivity contribution in [3.05, 3.63) is 12.2 Å². The van der Waals surface area contributed by atoms with Crippen molar-refractivity contribution in [1.29, 1.82) is 0 Å². The summed E-state index contributed by atoms with van der Waals surface area (Å²) in [5.74, 6) is -0.128. The number of carbonyl (C=O) groups is 1. The number of aliphatic hydroxyl groups excluding tert-OH is 1. The van der Waals surface area contributed by atoms with Gasteiger partial charge in [-0.3, -0.25) is 4.79 Å². The van der Waals surface area contributed by atoms with Gasteiger partial charge in [-0.2, -0.15) is 0 Å². The molecule has 0 aromatic carbocycles. The zero-order chi connectivity index (χ0) is 18.4. The summed E-state index contributed by atoms with van der Waals surface area (Å²) in [6, 6.07) is 0. The minimum Gasteiger partial charge on any atom is -0.461 e. The van der Waals surface area contributed by atoms with Crippen LogP contribution in [-0.4, -0.2) is 24.3 Å². The van der Waals surface area contributed by atoms with Crippen molar-refractivity contribution in [2.75, 3.05) is 13.2 Å². The van der Waals surface area contributed by atoms with Crippen LogP contribution in [0, 0.1) is 0 Å². The number of esters is 1. The van der Waals surface area contributed by atoms with E-state index < -0.39 is 0 Å². The molecule has 0 atom stereocenters. The number of aliphatic hydroxyl groups is 1. The molecule has 25 heavy (non-hydrogen) atoms. The molecule has 0 radical (unpaired) electrons. The third-order valence-corrected chi connectivity index (χ3v) is 4.60. The summed E-state index contributed by atoms with van der Waals surface area (Å²) in [5.41, 5.74) is 0. The quantitative estimate of drug-likeness (QED) is 0.167. The molecule has 0 amide bonds. The van der Waals surface area contributed by atoms with Gasteiger partial charge in [-0.05, 0) is 12.5 Å². The molecule has 0 bridgehead atoms. The van der Waals surface area contributed by atoms with E-state index in [9.17, 15) is 4.79 Å². The smallest absolute Gasteiger partial charge is 0.306 e. The van der Waals surface area contributed by atoms with Crippen molar-refractivity contribution in [1.82, 2.24) is 0 Å². The van der Waals surface area contributed by atoms with Gasteiger partial charge in [0.15, 0.2) is 0 Å². The van der Waals surface area contributed by atoms with Crippen LogP contribution in [0.3, 0.4) is 0 Å². The van der Waals surface area contributed by atoms with Gasteiger partial charge in [-0.1, -0.05) is 103 Å². The van der Waals surface area contributed by atoms with Crippen molar-refractivity contribution in [3.8, 4) is 0 Å². The highest BCUT2D eigenvalue weighted by atomic mass is 16.5. The van der Waals surface area contributed by atoms with Crippen LogP contribution in [0.15, 0.2) is 12.2 Å². The van der Waals surface area contributed by atoms with Gasteiger partial charge in [0.2, 0.25) is 0 Å². The van der Waals surface area contributed by atoms with Crippen molar-refractivity contribution >= 4 is 5.97 Å². The largest absolute Gasteiger partial charge is 0.461 e. The zero-order valence-electron chi connectivity index (χ0n) is 16.6. The van der Waals surface area contributed by atoms with Crippen LogP contribution in [0.5, 0.6) is 0 Å². The fraction of sp³-hybridized carbons (Fsp3) is 0.864. The topological polar surface area (TPSA) is 46.5 Å². The molecule has 0 spiro atoms. The van der Waals surface area contributed by atoms with Crippen molar-refractivity contribution < 1.29 is 14.6 Å². The maximum Gasteiger partial charge on any atom is 0.306 e. The first-order chi connectivity index (χ1) is 12.3. The highest BCUT2D eigenvalue weighted by molar-refractivity contribution is 5.69. The lowest BCUT2D eigenvalue weighted by Crippen LogP contribution is -2.04. The molecular weight excluding hydrogens is 312 g/mol. The zero-order valence-corrected chi connectivity index (χ0v) is 16.6. The van der Waals surface area contributed by atoms with E-state index in [0.29, 0.717) is 6.42 Å². The van der Waals surface area contributed by atoms with Crippen molar-refractivity contribution in [3.63, 3.8) is 0 Å². The average Bonchev–Trinajstić information content (AvgIpc) is 2.62. The van der Waals surface area contributed by atoms with Gasteiger partial charge in [0.1, 0.15) is 6.61 Å². The van der Waals surface area contributed by atoms with E-state index >= 15 is 0 Å². The minimum absolute atomic E-state index is 0.00338. The molecular formula is C22H42O3. The first-order valence-corrected chi connectivity index (χ1v) is 10.7. The van der Waals surface area contributed by atoms with E-state index in [1.165, 1.54) is 83.5 Å². The summed E-state index contributed by atoms with van der Waals surface area (Å²) >= 11 is 0. The van der Waals surface area contributed by atoms with Crippen LogP contribution in [0.2, 0.25) is 0 Å². The maximum absolute atomic E-state index is 11.4. The molecule has 0 unspecified atom stereocenters. The van der Waals surface area contributed by atoms with Crippen LogP contribution >= 0.6 is 0 Å². The van der Waals surface area contributed by atoms with Gasteiger partial charge in [0.25, 0.3) is 0 Å². The molecule has 0 aliphatic rings. The Morgan fingerprint density at radius 3 is 1.60 bits per heavy atom. The third-order valence-electron chi connectivity index (χ3n) is 4.60. The molecule has 3 heteroatoms. The first-order valence-electron chi connectivity index (χ1n) is 10.7. The molecule has 0 heterocycles. The second-order valence-corrected chi connectivity index (χ2v) is 7.04. The normalized spacial score (nSPS) is 11.3. The fourth-order valence-corrected chi connectivity index (χ4v) is 3.00. The molecule has 0 saturated carbocycles. The number of hydrogen-bond acceptors (Lipinski definition) is 3. The molecule has 0 aromatic rings. The van der Waals surface area contributed by atoms with E-state index in [-0.39, 0.29) is 19.2 Å². The molecule has 0 rings (SSSR count). The molecule has 3 nitrogen and oxygen atoms in total. The molecule has 0 fully saturated rings. The molecule has 0 saturated heterocycles. The second kappa shape index (κ2) is 21.2. The van der Waals surface area contributed by atoms with E-state index in [1.54, 1.807) is 12.2 Å². The Bertz CT molecular complexity index is 300.